The number of nitrogens with one attached hydrogen (secondary N) is 3. The van der Waals surface area contributed by atoms with Crippen LogP contribution in [0.3, 0.4) is 0 Å². The first-order valence-electron chi connectivity index (χ1n) is 9.10. The van der Waals surface area contributed by atoms with E-state index in [2.05, 4.69) is 32.0 Å². The van der Waals surface area contributed by atoms with Gasteiger partial charge in [0.15, 0.2) is 5.96 Å². The first kappa shape index (κ1) is 21.9. The van der Waals surface area contributed by atoms with Crippen molar-refractivity contribution in [2.75, 3.05) is 25.5 Å². The van der Waals surface area contributed by atoms with Gasteiger partial charge >= 0.3 is 0 Å². The number of fused-ring (bicyclic) bond motifs is 1. The predicted octanol–water partition coefficient (Wildman–Crippen LogP) is 2.89. The number of aliphatic imine (C=N–C) groups is 1. The minimum absolute atomic E-state index is 0. The van der Waals surface area contributed by atoms with Crippen LogP contribution in [-0.4, -0.2) is 37.1 Å². The summed E-state index contributed by atoms with van der Waals surface area (Å²) in [6, 6.07) is 13.5. The van der Waals surface area contributed by atoms with Gasteiger partial charge in [-0.05, 0) is 24.6 Å². The fraction of sp³-hybridized carbons (Fsp3) is 0.350. The average molecular weight is 495 g/mol. The van der Waals surface area contributed by atoms with Crippen molar-refractivity contribution in [3.05, 3.63) is 53.7 Å². The summed E-state index contributed by atoms with van der Waals surface area (Å²) in [5, 5.41) is 9.51. The van der Waals surface area contributed by atoms with E-state index in [1.165, 1.54) is 0 Å². The first-order valence-corrected chi connectivity index (χ1v) is 9.10. The number of nitrogens with zero attached hydrogens (tertiary/aromatic N) is 2. The molecule has 150 valence electrons. The maximum atomic E-state index is 12.0. The number of ether oxygens (including phenoxy) is 1. The van der Waals surface area contributed by atoms with Crippen molar-refractivity contribution in [2.45, 2.75) is 25.8 Å². The Hall–Kier alpha value is -2.36. The van der Waals surface area contributed by atoms with Crippen LogP contribution in [0.5, 0.6) is 5.88 Å². The van der Waals surface area contributed by atoms with Gasteiger partial charge in [-0.25, -0.2) is 9.98 Å². The van der Waals surface area contributed by atoms with Gasteiger partial charge in [-0.2, -0.15) is 0 Å². The molecule has 3 N–H and O–H groups in total. The summed E-state index contributed by atoms with van der Waals surface area (Å²) >= 11 is 0. The average Bonchev–Trinajstić information content (AvgIpc) is 2.70. The molecule has 1 unspecified atom stereocenters. The van der Waals surface area contributed by atoms with Crippen molar-refractivity contribution in [3.8, 4) is 5.88 Å². The molecule has 1 aliphatic rings. The van der Waals surface area contributed by atoms with E-state index in [-0.39, 0.29) is 35.8 Å². The fourth-order valence-electron chi connectivity index (χ4n) is 3.06. The van der Waals surface area contributed by atoms with E-state index in [0.717, 1.165) is 23.5 Å². The molecule has 0 aliphatic carbocycles. The third-order valence-corrected chi connectivity index (χ3v) is 4.36. The molecule has 1 atom stereocenters. The Kier molecular flexibility index (Phi) is 8.49. The van der Waals surface area contributed by atoms with Crippen LogP contribution in [0, 0.1) is 0 Å². The van der Waals surface area contributed by atoms with Crippen molar-refractivity contribution in [1.29, 1.82) is 0 Å². The van der Waals surface area contributed by atoms with Crippen molar-refractivity contribution in [2.24, 2.45) is 4.99 Å². The maximum Gasteiger partial charge on any atom is 0.225 e. The number of guanidine groups is 1. The molecule has 7 nitrogen and oxygen atoms in total. The zero-order valence-electron chi connectivity index (χ0n) is 16.1. The number of anilines is 1. The Morgan fingerprint density at radius 1 is 1.25 bits per heavy atom. The molecular formula is C20H26IN5O2. The number of methoxy groups -OCH3 is 1. The molecule has 0 spiro atoms. The van der Waals surface area contributed by atoms with Crippen LogP contribution in [0.15, 0.2) is 47.5 Å². The summed E-state index contributed by atoms with van der Waals surface area (Å²) < 4.78 is 5.15. The highest BCUT2D eigenvalue weighted by Gasteiger charge is 2.24. The van der Waals surface area contributed by atoms with Crippen molar-refractivity contribution < 1.29 is 9.53 Å². The van der Waals surface area contributed by atoms with Crippen LogP contribution in [0.2, 0.25) is 0 Å². The summed E-state index contributed by atoms with van der Waals surface area (Å²) in [7, 11) is 1.60. The number of amides is 1. The van der Waals surface area contributed by atoms with Gasteiger partial charge in [0.2, 0.25) is 11.8 Å². The highest BCUT2D eigenvalue weighted by Crippen LogP contribution is 2.31. The van der Waals surface area contributed by atoms with Crippen LogP contribution >= 0.6 is 24.0 Å². The molecule has 0 fully saturated rings. The van der Waals surface area contributed by atoms with E-state index in [0.29, 0.717) is 31.3 Å². The number of para-hydroxylation sites is 1. The lowest BCUT2D eigenvalue weighted by molar-refractivity contribution is -0.116. The number of hydrogen-bond donors (Lipinski definition) is 3. The van der Waals surface area contributed by atoms with Crippen LogP contribution in [0.4, 0.5) is 5.69 Å². The fourth-order valence-corrected chi connectivity index (χ4v) is 3.06. The number of carbonyl (C=O) groups excluding carboxylic acids is 1. The van der Waals surface area contributed by atoms with Gasteiger partial charge in [0.05, 0.1) is 19.3 Å². The molecule has 0 radical (unpaired) electrons. The minimum Gasteiger partial charge on any atom is -0.481 e. The zero-order valence-corrected chi connectivity index (χ0v) is 18.4. The Morgan fingerprint density at radius 2 is 2.07 bits per heavy atom. The highest BCUT2D eigenvalue weighted by atomic mass is 127. The van der Waals surface area contributed by atoms with Crippen LogP contribution in [0.25, 0.3) is 0 Å². The van der Waals surface area contributed by atoms with Crippen LogP contribution in [-0.2, 0) is 11.3 Å². The molecule has 2 aromatic rings. The number of carbonyl (C=O) groups is 1. The second-order valence-corrected chi connectivity index (χ2v) is 6.28. The van der Waals surface area contributed by atoms with Gasteiger partial charge in [0.25, 0.3) is 0 Å². The number of benzene rings is 1. The van der Waals surface area contributed by atoms with Crippen molar-refractivity contribution in [1.82, 2.24) is 15.6 Å². The Labute approximate surface area is 182 Å². The van der Waals surface area contributed by atoms with E-state index in [4.69, 9.17) is 4.74 Å². The Morgan fingerprint density at radius 3 is 2.86 bits per heavy atom. The van der Waals surface area contributed by atoms with E-state index in [1.807, 2.05) is 43.3 Å². The van der Waals surface area contributed by atoms with Gasteiger partial charge in [-0.15, -0.1) is 24.0 Å². The molecule has 1 aliphatic heterocycles. The van der Waals surface area contributed by atoms with E-state index in [9.17, 15) is 4.79 Å². The second-order valence-electron chi connectivity index (χ2n) is 6.28. The third kappa shape index (κ3) is 5.82. The molecule has 3 rings (SSSR count). The third-order valence-electron chi connectivity index (χ3n) is 4.36. The number of pyridine rings is 1. The molecular weight excluding hydrogens is 469 g/mol. The van der Waals surface area contributed by atoms with Gasteiger partial charge in [0.1, 0.15) is 0 Å². The molecule has 1 aromatic carbocycles. The summed E-state index contributed by atoms with van der Waals surface area (Å²) in [5.74, 6) is 1.42. The van der Waals surface area contributed by atoms with E-state index < -0.39 is 0 Å². The topological polar surface area (TPSA) is 87.6 Å². The lowest BCUT2D eigenvalue weighted by atomic mass is 9.90. The molecule has 2 heterocycles. The number of aromatic nitrogens is 1. The molecule has 0 saturated heterocycles. The number of rotatable bonds is 6. The zero-order chi connectivity index (χ0) is 19.1. The molecule has 8 heteroatoms. The smallest absolute Gasteiger partial charge is 0.225 e. The molecule has 1 amide bonds. The normalized spacial score (nSPS) is 15.7. The molecule has 1 aromatic heterocycles. The Bertz CT molecular complexity index is 828. The van der Waals surface area contributed by atoms with E-state index in [1.54, 1.807) is 7.11 Å². The number of halogens is 1. The lowest BCUT2D eigenvalue weighted by Gasteiger charge is -2.26. The highest BCUT2D eigenvalue weighted by molar-refractivity contribution is 14.0. The summed E-state index contributed by atoms with van der Waals surface area (Å²) in [6.07, 6.45) is 0.459. The van der Waals surface area contributed by atoms with Crippen molar-refractivity contribution >= 4 is 41.5 Å². The van der Waals surface area contributed by atoms with Crippen LogP contribution < -0.4 is 20.7 Å². The molecule has 0 saturated carbocycles. The first-order chi connectivity index (χ1) is 13.2. The van der Waals surface area contributed by atoms with Crippen molar-refractivity contribution in [3.63, 3.8) is 0 Å². The molecule has 28 heavy (non-hydrogen) atoms. The molecule has 0 bridgehead atoms. The largest absolute Gasteiger partial charge is 0.481 e. The Balaban J connectivity index is 0.00000280. The van der Waals surface area contributed by atoms with E-state index >= 15 is 0 Å². The minimum atomic E-state index is 0. The summed E-state index contributed by atoms with van der Waals surface area (Å²) in [6.45, 7) is 3.83. The lowest BCUT2D eigenvalue weighted by Crippen LogP contribution is -2.40. The van der Waals surface area contributed by atoms with Gasteiger partial charge < -0.3 is 20.7 Å². The quantitative estimate of drug-likeness (QED) is 0.326. The second kappa shape index (κ2) is 10.8. The summed E-state index contributed by atoms with van der Waals surface area (Å²) in [4.78, 5) is 20.9. The van der Waals surface area contributed by atoms with Gasteiger partial charge in [-0.1, -0.05) is 24.3 Å². The number of hydrogen-bond acceptors (Lipinski definition) is 4. The standard InChI is InChI=1S/C20H25N5O2.HI/c1-3-21-20(23-13-15-7-6-10-19(24-15)27-2)22-12-14-11-18(26)25-17-9-5-4-8-16(14)17;/h4-10,14H,3,11-13H2,1-2H3,(H,25,26)(H2,21,22,23);1H. The predicted molar refractivity (Wildman–Crippen MR) is 121 cm³/mol. The van der Waals surface area contributed by atoms with Gasteiger partial charge in [0, 0.05) is 37.2 Å². The SMILES string of the molecule is CCNC(=NCc1cccc(OC)n1)NCC1CC(=O)Nc2ccccc21.I. The van der Waals surface area contributed by atoms with Gasteiger partial charge in [-0.3, -0.25) is 4.79 Å². The monoisotopic (exact) mass is 495 g/mol. The maximum absolute atomic E-state index is 12.0. The summed E-state index contributed by atoms with van der Waals surface area (Å²) in [5.41, 5.74) is 2.87. The van der Waals surface area contributed by atoms with Crippen LogP contribution in [0.1, 0.15) is 30.5 Å².